The molecule has 1 heterocycles. The first kappa shape index (κ1) is 17.8. The molecule has 1 fully saturated rings. The van der Waals surface area contributed by atoms with Crippen LogP contribution in [0.15, 0.2) is 30.3 Å². The molecule has 0 radical (unpaired) electrons. The highest BCUT2D eigenvalue weighted by Gasteiger charge is 2.52. The van der Waals surface area contributed by atoms with Crippen LogP contribution in [0.3, 0.4) is 0 Å². The Hall–Kier alpha value is -2.00. The number of rotatable bonds is 4. The average molecular weight is 338 g/mol. The van der Waals surface area contributed by atoms with Crippen LogP contribution in [0, 0.1) is 12.3 Å². The molecule has 130 valence electrons. The Kier molecular flexibility index (Phi) is 4.55. The zero-order valence-electron chi connectivity index (χ0n) is 15.4. The summed E-state index contributed by atoms with van der Waals surface area (Å²) in [6.07, 6.45) is 5.73. The van der Waals surface area contributed by atoms with Crippen molar-refractivity contribution in [1.82, 2.24) is 0 Å². The summed E-state index contributed by atoms with van der Waals surface area (Å²) in [4.78, 5) is 0. The lowest BCUT2D eigenvalue weighted by Gasteiger charge is -2.32. The van der Waals surface area contributed by atoms with Gasteiger partial charge in [0.15, 0.2) is 6.79 Å². The van der Waals surface area contributed by atoms with Crippen molar-refractivity contribution < 1.29 is 18.8 Å². The van der Waals surface area contributed by atoms with Gasteiger partial charge in [-0.2, -0.15) is 0 Å². The van der Waals surface area contributed by atoms with E-state index >= 15 is 0 Å². The van der Waals surface area contributed by atoms with Gasteiger partial charge in [-0.05, 0) is 62.1 Å². The van der Waals surface area contributed by atoms with Crippen molar-refractivity contribution in [2.75, 3.05) is 13.9 Å². The molecule has 2 aromatic carbocycles. The Bertz CT molecular complexity index is 819. The second-order valence-electron chi connectivity index (χ2n) is 7.20. The molecule has 4 nitrogen and oxygen atoms in total. The third-order valence-electron chi connectivity index (χ3n) is 4.99. The first-order chi connectivity index (χ1) is 11.8. The average Bonchev–Trinajstić information content (AvgIpc) is 2.79. The molecule has 0 N–H and O–H groups in total. The highest BCUT2D eigenvalue weighted by molar-refractivity contribution is 6.65. The Balaban J connectivity index is 2.17. The molecule has 0 atom stereocenters. The van der Waals surface area contributed by atoms with Gasteiger partial charge in [0.2, 0.25) is 0 Å². The quantitative estimate of drug-likeness (QED) is 0.488. The molecule has 1 aliphatic heterocycles. The van der Waals surface area contributed by atoms with Gasteiger partial charge < -0.3 is 18.8 Å². The van der Waals surface area contributed by atoms with Gasteiger partial charge in [-0.1, -0.05) is 18.1 Å². The zero-order valence-corrected chi connectivity index (χ0v) is 15.4. The Morgan fingerprint density at radius 1 is 1.12 bits per heavy atom. The molecule has 0 saturated carbocycles. The first-order valence-corrected chi connectivity index (χ1v) is 8.30. The van der Waals surface area contributed by atoms with Gasteiger partial charge in [-0.25, -0.2) is 0 Å². The van der Waals surface area contributed by atoms with Gasteiger partial charge in [0.1, 0.15) is 5.75 Å². The predicted molar refractivity (Wildman–Crippen MR) is 100 cm³/mol. The van der Waals surface area contributed by atoms with Crippen molar-refractivity contribution in [2.24, 2.45) is 0 Å². The molecule has 1 aliphatic rings. The summed E-state index contributed by atoms with van der Waals surface area (Å²) in [7, 11) is 1.07. The normalized spacial score (nSPS) is 18.3. The molecule has 3 rings (SSSR count). The first-order valence-electron chi connectivity index (χ1n) is 8.30. The summed E-state index contributed by atoms with van der Waals surface area (Å²) < 4.78 is 23.2. The fraction of sp³-hybridized carbons (Fsp3) is 0.400. The summed E-state index contributed by atoms with van der Waals surface area (Å²) in [5, 5.41) is 1.93. The summed E-state index contributed by atoms with van der Waals surface area (Å²) in [6, 6.07) is 9.73. The van der Waals surface area contributed by atoms with Gasteiger partial charge in [0.05, 0.1) is 11.2 Å². The molecule has 0 aromatic heterocycles. The number of hydrogen-bond donors (Lipinski definition) is 0. The van der Waals surface area contributed by atoms with E-state index in [0.717, 1.165) is 21.8 Å². The Morgan fingerprint density at radius 3 is 2.40 bits per heavy atom. The van der Waals surface area contributed by atoms with E-state index in [1.165, 1.54) is 0 Å². The van der Waals surface area contributed by atoms with E-state index in [1.54, 1.807) is 7.11 Å². The maximum atomic E-state index is 6.24. The fourth-order valence-corrected chi connectivity index (χ4v) is 2.92. The van der Waals surface area contributed by atoms with Crippen LogP contribution >= 0.6 is 0 Å². The number of terminal acetylenes is 1. The lowest BCUT2D eigenvalue weighted by atomic mass is 9.75. The van der Waals surface area contributed by atoms with Gasteiger partial charge in [-0.15, -0.1) is 6.42 Å². The van der Waals surface area contributed by atoms with Crippen LogP contribution in [0.1, 0.15) is 33.3 Å². The molecule has 0 spiro atoms. The van der Waals surface area contributed by atoms with Crippen molar-refractivity contribution in [2.45, 2.75) is 38.9 Å². The van der Waals surface area contributed by atoms with Crippen LogP contribution in [0.25, 0.3) is 10.8 Å². The fourth-order valence-electron chi connectivity index (χ4n) is 2.92. The smallest absolute Gasteiger partial charge is 0.468 e. The molecule has 1 saturated heterocycles. The molecule has 0 aliphatic carbocycles. The third kappa shape index (κ3) is 3.13. The van der Waals surface area contributed by atoms with Crippen LogP contribution in [0.2, 0.25) is 0 Å². The van der Waals surface area contributed by atoms with E-state index < -0.39 is 18.3 Å². The topological polar surface area (TPSA) is 36.9 Å². The summed E-state index contributed by atoms with van der Waals surface area (Å²) in [6.45, 7) is 8.29. The van der Waals surface area contributed by atoms with E-state index in [0.29, 0.717) is 5.75 Å². The lowest BCUT2D eigenvalue weighted by molar-refractivity contribution is 0.00578. The SMILES string of the molecule is C#Cc1cccc2cc(OCOC)cc(B3OC(C)(C)C(C)(C)O3)c12. The van der Waals surface area contributed by atoms with Crippen molar-refractivity contribution in [3.63, 3.8) is 0 Å². The number of methoxy groups -OCH3 is 1. The zero-order chi connectivity index (χ0) is 18.2. The molecule has 0 bridgehead atoms. The van der Waals surface area contributed by atoms with Gasteiger partial charge in [0.25, 0.3) is 0 Å². The van der Waals surface area contributed by atoms with E-state index in [2.05, 4.69) is 5.92 Å². The van der Waals surface area contributed by atoms with Crippen LogP contribution in [0.5, 0.6) is 5.75 Å². The Labute approximate surface area is 149 Å². The minimum absolute atomic E-state index is 0.170. The standard InChI is InChI=1S/C20H23BO4/c1-7-14-9-8-10-15-11-16(23-13-22-6)12-17(18(14)15)21-24-19(2,3)20(4,5)25-21/h1,8-12H,13H2,2-6H3. The van der Waals surface area contributed by atoms with E-state index in [9.17, 15) is 0 Å². The number of hydrogen-bond acceptors (Lipinski definition) is 4. The van der Waals surface area contributed by atoms with Crippen molar-refractivity contribution in [1.29, 1.82) is 0 Å². The van der Waals surface area contributed by atoms with E-state index in [4.69, 9.17) is 25.2 Å². The van der Waals surface area contributed by atoms with Crippen molar-refractivity contribution in [3.8, 4) is 18.1 Å². The van der Waals surface area contributed by atoms with Crippen LogP contribution in [-0.2, 0) is 14.0 Å². The second-order valence-corrected chi connectivity index (χ2v) is 7.20. The molecule has 25 heavy (non-hydrogen) atoms. The molecular formula is C20H23BO4. The Morgan fingerprint density at radius 2 is 1.80 bits per heavy atom. The monoisotopic (exact) mass is 338 g/mol. The van der Waals surface area contributed by atoms with E-state index in [-0.39, 0.29) is 6.79 Å². The maximum absolute atomic E-state index is 6.24. The van der Waals surface area contributed by atoms with Gasteiger partial charge in [-0.3, -0.25) is 0 Å². The minimum atomic E-state index is -0.520. The second kappa shape index (κ2) is 6.38. The predicted octanol–water partition coefficient (Wildman–Crippen LogP) is 3.10. The number of fused-ring (bicyclic) bond motifs is 1. The largest absolute Gasteiger partial charge is 0.495 e. The van der Waals surface area contributed by atoms with Crippen LogP contribution in [-0.4, -0.2) is 32.2 Å². The highest BCUT2D eigenvalue weighted by atomic mass is 16.7. The molecular weight excluding hydrogens is 315 g/mol. The number of benzene rings is 2. The molecule has 5 heteroatoms. The molecule has 2 aromatic rings. The molecule has 0 amide bonds. The number of ether oxygens (including phenoxy) is 2. The van der Waals surface area contributed by atoms with Gasteiger partial charge in [0, 0.05) is 12.7 Å². The summed E-state index contributed by atoms with van der Waals surface area (Å²) >= 11 is 0. The lowest BCUT2D eigenvalue weighted by Crippen LogP contribution is -2.41. The summed E-state index contributed by atoms with van der Waals surface area (Å²) in [5.74, 6) is 3.45. The summed E-state index contributed by atoms with van der Waals surface area (Å²) in [5.41, 5.74) is 0.813. The molecule has 0 unspecified atom stereocenters. The van der Waals surface area contributed by atoms with E-state index in [1.807, 2.05) is 58.0 Å². The van der Waals surface area contributed by atoms with Crippen LogP contribution in [0.4, 0.5) is 0 Å². The highest BCUT2D eigenvalue weighted by Crippen LogP contribution is 2.37. The van der Waals surface area contributed by atoms with Gasteiger partial charge >= 0.3 is 7.12 Å². The minimum Gasteiger partial charge on any atom is -0.468 e. The van der Waals surface area contributed by atoms with Crippen molar-refractivity contribution in [3.05, 3.63) is 35.9 Å². The van der Waals surface area contributed by atoms with Crippen molar-refractivity contribution >= 4 is 23.4 Å². The maximum Gasteiger partial charge on any atom is 0.495 e. The van der Waals surface area contributed by atoms with Crippen LogP contribution < -0.4 is 10.2 Å². The third-order valence-corrected chi connectivity index (χ3v) is 4.99.